The van der Waals surface area contributed by atoms with Crippen molar-refractivity contribution < 1.29 is 4.74 Å². The molecule has 0 bridgehead atoms. The Balaban J connectivity index is 2.16. The van der Waals surface area contributed by atoms with Crippen LogP contribution in [0.5, 0.6) is 0 Å². The molecule has 0 aromatic carbocycles. The summed E-state index contributed by atoms with van der Waals surface area (Å²) in [6, 6.07) is 2.65. The highest BCUT2D eigenvalue weighted by Crippen LogP contribution is 2.26. The van der Waals surface area contributed by atoms with E-state index in [1.807, 2.05) is 13.0 Å². The Kier molecular flexibility index (Phi) is 6.23. The third-order valence-corrected chi connectivity index (χ3v) is 4.04. The molecule has 0 aliphatic heterocycles. The van der Waals surface area contributed by atoms with Crippen LogP contribution in [0.1, 0.15) is 51.8 Å². The van der Waals surface area contributed by atoms with Gasteiger partial charge in [-0.3, -0.25) is 0 Å². The largest absolute Gasteiger partial charge is 0.374 e. The number of aromatic nitrogens is 2. The van der Waals surface area contributed by atoms with Crippen molar-refractivity contribution >= 4 is 11.6 Å². The molecule has 2 rings (SSSR count). The Morgan fingerprint density at radius 2 is 2.00 bits per heavy atom. The number of nitrogens with one attached hydrogen (secondary N) is 1. The van der Waals surface area contributed by atoms with Crippen molar-refractivity contribution in [3.05, 3.63) is 11.9 Å². The number of rotatable bonds is 7. The molecule has 1 aliphatic carbocycles. The average molecular weight is 292 g/mol. The molecule has 21 heavy (non-hydrogen) atoms. The first kappa shape index (κ1) is 16.0. The van der Waals surface area contributed by atoms with Gasteiger partial charge in [0.1, 0.15) is 18.2 Å². The van der Waals surface area contributed by atoms with Crippen molar-refractivity contribution in [3.8, 4) is 0 Å². The summed E-state index contributed by atoms with van der Waals surface area (Å²) in [6.45, 7) is 6.08. The fourth-order valence-corrected chi connectivity index (χ4v) is 2.85. The SMILES string of the molecule is CCNc1cc(N(C)C2CCCCC2)nc(COCC)n1. The van der Waals surface area contributed by atoms with Gasteiger partial charge in [0.25, 0.3) is 0 Å². The molecule has 1 heterocycles. The first-order chi connectivity index (χ1) is 10.2. The predicted octanol–water partition coefficient (Wildman–Crippen LogP) is 3.21. The molecule has 1 aliphatic rings. The van der Waals surface area contributed by atoms with Gasteiger partial charge >= 0.3 is 0 Å². The van der Waals surface area contributed by atoms with Gasteiger partial charge in [0, 0.05) is 32.3 Å². The normalized spacial score (nSPS) is 16.0. The van der Waals surface area contributed by atoms with Gasteiger partial charge in [-0.2, -0.15) is 0 Å². The van der Waals surface area contributed by atoms with Crippen LogP contribution in [0.3, 0.4) is 0 Å². The van der Waals surface area contributed by atoms with Crippen molar-refractivity contribution in [3.63, 3.8) is 0 Å². The molecule has 1 aromatic rings. The Hall–Kier alpha value is -1.36. The van der Waals surface area contributed by atoms with Crippen LogP contribution in [-0.4, -0.2) is 36.2 Å². The summed E-state index contributed by atoms with van der Waals surface area (Å²) in [5, 5.41) is 3.29. The third kappa shape index (κ3) is 4.56. The number of nitrogens with zero attached hydrogens (tertiary/aromatic N) is 3. The average Bonchev–Trinajstić information content (AvgIpc) is 2.53. The summed E-state index contributed by atoms with van der Waals surface area (Å²) < 4.78 is 5.46. The fourth-order valence-electron chi connectivity index (χ4n) is 2.85. The van der Waals surface area contributed by atoms with E-state index in [4.69, 9.17) is 4.74 Å². The highest BCUT2D eigenvalue weighted by Gasteiger charge is 2.20. The first-order valence-electron chi connectivity index (χ1n) is 8.17. The van der Waals surface area contributed by atoms with Crippen LogP contribution in [0.25, 0.3) is 0 Å². The second-order valence-corrected chi connectivity index (χ2v) is 5.60. The van der Waals surface area contributed by atoms with Crippen LogP contribution in [-0.2, 0) is 11.3 Å². The van der Waals surface area contributed by atoms with Gasteiger partial charge in [-0.15, -0.1) is 0 Å². The molecule has 0 spiro atoms. The molecule has 5 heteroatoms. The molecule has 0 saturated heterocycles. The lowest BCUT2D eigenvalue weighted by Gasteiger charge is -2.32. The van der Waals surface area contributed by atoms with E-state index in [0.29, 0.717) is 19.3 Å². The summed E-state index contributed by atoms with van der Waals surface area (Å²) in [5.41, 5.74) is 0. The molecule has 0 unspecified atom stereocenters. The van der Waals surface area contributed by atoms with Crippen LogP contribution in [0, 0.1) is 0 Å². The van der Waals surface area contributed by atoms with E-state index >= 15 is 0 Å². The summed E-state index contributed by atoms with van der Waals surface area (Å²) in [6.07, 6.45) is 6.54. The molecule has 1 fully saturated rings. The van der Waals surface area contributed by atoms with Crippen molar-refractivity contribution in [1.82, 2.24) is 9.97 Å². The van der Waals surface area contributed by atoms with Gasteiger partial charge in [-0.05, 0) is 26.7 Å². The Morgan fingerprint density at radius 3 is 2.67 bits per heavy atom. The maximum atomic E-state index is 5.46. The smallest absolute Gasteiger partial charge is 0.158 e. The summed E-state index contributed by atoms with van der Waals surface area (Å²) in [5.74, 6) is 2.65. The van der Waals surface area contributed by atoms with Crippen molar-refractivity contribution in [2.24, 2.45) is 0 Å². The topological polar surface area (TPSA) is 50.3 Å². The van der Waals surface area contributed by atoms with Gasteiger partial charge in [0.2, 0.25) is 0 Å². The van der Waals surface area contributed by atoms with Crippen LogP contribution in [0.15, 0.2) is 6.07 Å². The molecule has 1 aromatic heterocycles. The van der Waals surface area contributed by atoms with Gasteiger partial charge in [-0.1, -0.05) is 19.3 Å². The summed E-state index contributed by atoms with van der Waals surface area (Å²) >= 11 is 0. The lowest BCUT2D eigenvalue weighted by molar-refractivity contribution is 0.128. The zero-order valence-electron chi connectivity index (χ0n) is 13.6. The van der Waals surface area contributed by atoms with E-state index in [1.54, 1.807) is 0 Å². The lowest BCUT2D eigenvalue weighted by Crippen LogP contribution is -2.34. The zero-order chi connectivity index (χ0) is 15.1. The fraction of sp³-hybridized carbons (Fsp3) is 0.750. The van der Waals surface area contributed by atoms with Gasteiger partial charge in [0.05, 0.1) is 0 Å². The van der Waals surface area contributed by atoms with Gasteiger partial charge in [-0.25, -0.2) is 9.97 Å². The molecule has 0 atom stereocenters. The van der Waals surface area contributed by atoms with Crippen molar-refractivity contribution in [2.75, 3.05) is 30.4 Å². The Morgan fingerprint density at radius 1 is 1.24 bits per heavy atom. The highest BCUT2D eigenvalue weighted by atomic mass is 16.5. The van der Waals surface area contributed by atoms with E-state index in [0.717, 1.165) is 24.0 Å². The second-order valence-electron chi connectivity index (χ2n) is 5.60. The number of ether oxygens (including phenoxy) is 1. The first-order valence-corrected chi connectivity index (χ1v) is 8.17. The van der Waals surface area contributed by atoms with Crippen molar-refractivity contribution in [1.29, 1.82) is 0 Å². The van der Waals surface area contributed by atoms with E-state index in [2.05, 4.69) is 34.2 Å². The van der Waals surface area contributed by atoms with Crippen LogP contribution >= 0.6 is 0 Å². The minimum absolute atomic E-state index is 0.473. The minimum Gasteiger partial charge on any atom is -0.374 e. The standard InChI is InChI=1S/C16H28N4O/c1-4-17-14-11-16(19-15(18-14)12-21-5-2)20(3)13-9-7-6-8-10-13/h11,13H,4-10,12H2,1-3H3,(H,17,18,19). The second kappa shape index (κ2) is 8.17. The van der Waals surface area contributed by atoms with Gasteiger partial charge in [0.15, 0.2) is 5.82 Å². The summed E-state index contributed by atoms with van der Waals surface area (Å²) in [7, 11) is 2.15. The third-order valence-electron chi connectivity index (χ3n) is 4.04. The Bertz CT molecular complexity index is 432. The van der Waals surface area contributed by atoms with Crippen LogP contribution in [0.2, 0.25) is 0 Å². The molecule has 0 amide bonds. The summed E-state index contributed by atoms with van der Waals surface area (Å²) in [4.78, 5) is 11.5. The van der Waals surface area contributed by atoms with Crippen molar-refractivity contribution in [2.45, 2.75) is 58.6 Å². The zero-order valence-corrected chi connectivity index (χ0v) is 13.6. The van der Waals surface area contributed by atoms with E-state index in [9.17, 15) is 0 Å². The number of hydrogen-bond acceptors (Lipinski definition) is 5. The molecule has 1 N–H and O–H groups in total. The predicted molar refractivity (Wildman–Crippen MR) is 86.8 cm³/mol. The molecule has 118 valence electrons. The molecular weight excluding hydrogens is 264 g/mol. The highest BCUT2D eigenvalue weighted by molar-refractivity contribution is 5.49. The maximum Gasteiger partial charge on any atom is 0.158 e. The quantitative estimate of drug-likeness (QED) is 0.836. The van der Waals surface area contributed by atoms with E-state index in [1.165, 1.54) is 32.1 Å². The van der Waals surface area contributed by atoms with E-state index < -0.39 is 0 Å². The van der Waals surface area contributed by atoms with Crippen LogP contribution < -0.4 is 10.2 Å². The molecule has 5 nitrogen and oxygen atoms in total. The molecule has 1 saturated carbocycles. The number of anilines is 2. The monoisotopic (exact) mass is 292 g/mol. The van der Waals surface area contributed by atoms with Gasteiger partial charge < -0.3 is 15.0 Å². The maximum absolute atomic E-state index is 5.46. The van der Waals surface area contributed by atoms with E-state index in [-0.39, 0.29) is 0 Å². The molecule has 0 radical (unpaired) electrons. The number of hydrogen-bond donors (Lipinski definition) is 1. The van der Waals surface area contributed by atoms with Crippen LogP contribution in [0.4, 0.5) is 11.6 Å². The molecular formula is C16H28N4O. The minimum atomic E-state index is 0.473. The lowest BCUT2D eigenvalue weighted by atomic mass is 9.94. The Labute approximate surface area is 128 Å².